The zero-order valence-corrected chi connectivity index (χ0v) is 16.8. The van der Waals surface area contributed by atoms with E-state index in [2.05, 4.69) is 0 Å². The van der Waals surface area contributed by atoms with Gasteiger partial charge in [-0.3, -0.25) is 9.59 Å². The summed E-state index contributed by atoms with van der Waals surface area (Å²) in [6.45, 7) is 2.54. The van der Waals surface area contributed by atoms with E-state index in [9.17, 15) is 9.59 Å². The van der Waals surface area contributed by atoms with Crippen molar-refractivity contribution in [1.29, 1.82) is 0 Å². The number of amides is 2. The topological polar surface area (TPSA) is 40.6 Å². The van der Waals surface area contributed by atoms with Crippen molar-refractivity contribution in [1.82, 2.24) is 0 Å². The third-order valence-corrected chi connectivity index (χ3v) is 5.53. The summed E-state index contributed by atoms with van der Waals surface area (Å²) < 4.78 is 0. The number of carbonyl (C=O) groups is 2. The molecule has 0 radical (unpaired) electrons. The average molecular weight is 405 g/mol. The second-order valence-corrected chi connectivity index (χ2v) is 7.59. The lowest BCUT2D eigenvalue weighted by Gasteiger charge is -2.26. The van der Waals surface area contributed by atoms with Crippen LogP contribution in [0.2, 0.25) is 5.02 Å². The minimum absolute atomic E-state index is 0.0271. The van der Waals surface area contributed by atoms with E-state index in [0.29, 0.717) is 29.4 Å². The van der Waals surface area contributed by atoms with Crippen LogP contribution in [0.1, 0.15) is 22.8 Å². The minimum atomic E-state index is -0.349. The summed E-state index contributed by atoms with van der Waals surface area (Å²) in [7, 11) is 0. The summed E-state index contributed by atoms with van der Waals surface area (Å²) in [5.41, 5.74) is 2.91. The Bertz CT molecular complexity index is 1050. The molecular formula is C24H21ClN2O2. The van der Waals surface area contributed by atoms with Crippen LogP contribution in [0, 0.1) is 5.92 Å². The Kier molecular flexibility index (Phi) is 5.36. The van der Waals surface area contributed by atoms with Crippen molar-refractivity contribution in [3.05, 3.63) is 95.0 Å². The van der Waals surface area contributed by atoms with Crippen molar-refractivity contribution < 1.29 is 9.59 Å². The minimum Gasteiger partial charge on any atom is -0.306 e. The summed E-state index contributed by atoms with van der Waals surface area (Å²) in [5, 5.41) is 0.617. The molecule has 5 heteroatoms. The highest BCUT2D eigenvalue weighted by atomic mass is 35.5. The zero-order chi connectivity index (χ0) is 20.4. The molecule has 1 aliphatic rings. The van der Waals surface area contributed by atoms with Crippen molar-refractivity contribution in [2.24, 2.45) is 5.92 Å². The molecule has 0 aliphatic carbocycles. The molecule has 0 fully saturated rings. The van der Waals surface area contributed by atoms with Gasteiger partial charge < -0.3 is 9.80 Å². The number of rotatable bonds is 3. The van der Waals surface area contributed by atoms with Gasteiger partial charge in [0, 0.05) is 17.1 Å². The predicted molar refractivity (Wildman–Crippen MR) is 116 cm³/mol. The fourth-order valence-corrected chi connectivity index (χ4v) is 3.84. The van der Waals surface area contributed by atoms with Crippen molar-refractivity contribution >= 4 is 34.8 Å². The lowest BCUT2D eigenvalue weighted by Crippen LogP contribution is -2.38. The maximum atomic E-state index is 13.3. The van der Waals surface area contributed by atoms with E-state index in [1.54, 1.807) is 21.9 Å². The molecule has 0 saturated carbocycles. The molecule has 0 aromatic heterocycles. The summed E-state index contributed by atoms with van der Waals surface area (Å²) >= 11 is 6.35. The summed E-state index contributed by atoms with van der Waals surface area (Å²) in [4.78, 5) is 30.0. The van der Waals surface area contributed by atoms with E-state index in [1.165, 1.54) is 0 Å². The molecule has 0 N–H and O–H groups in total. The number of nitrogens with zero attached hydrogens (tertiary/aromatic N) is 2. The molecule has 146 valence electrons. The number of hydrogen-bond acceptors (Lipinski definition) is 2. The van der Waals surface area contributed by atoms with Crippen molar-refractivity contribution in [3.63, 3.8) is 0 Å². The molecule has 2 amide bonds. The molecule has 3 aromatic carbocycles. The Labute approximate surface area is 175 Å². The van der Waals surface area contributed by atoms with Gasteiger partial charge in [-0.2, -0.15) is 0 Å². The van der Waals surface area contributed by atoms with Crippen LogP contribution in [0.25, 0.3) is 0 Å². The molecule has 1 unspecified atom stereocenters. The maximum absolute atomic E-state index is 13.3. The molecular weight excluding hydrogens is 384 g/mol. The van der Waals surface area contributed by atoms with Gasteiger partial charge in [0.15, 0.2) is 0 Å². The number of carbonyl (C=O) groups excluding carboxylic acids is 2. The number of halogens is 1. The number of para-hydroxylation sites is 2. The first-order valence-electron chi connectivity index (χ1n) is 9.57. The molecule has 4 nitrogen and oxygen atoms in total. The number of anilines is 2. The molecule has 29 heavy (non-hydrogen) atoms. The van der Waals surface area contributed by atoms with Crippen molar-refractivity contribution in [3.8, 4) is 0 Å². The summed E-state index contributed by atoms with van der Waals surface area (Å²) in [5.74, 6) is -0.490. The van der Waals surface area contributed by atoms with Crippen LogP contribution in [-0.4, -0.2) is 18.4 Å². The van der Waals surface area contributed by atoms with E-state index < -0.39 is 0 Å². The number of hydrogen-bond donors (Lipinski definition) is 0. The van der Waals surface area contributed by atoms with Gasteiger partial charge in [0.1, 0.15) is 0 Å². The van der Waals surface area contributed by atoms with E-state index in [1.807, 2.05) is 73.7 Å². The van der Waals surface area contributed by atoms with E-state index in [4.69, 9.17) is 11.6 Å². The Morgan fingerprint density at radius 1 is 0.931 bits per heavy atom. The monoisotopic (exact) mass is 404 g/mol. The molecule has 3 aromatic rings. The SMILES string of the molecule is CC1CN(C(=O)c2ccccc2)c2ccccc2N(Cc2ccccc2Cl)C1=O. The molecule has 0 saturated heterocycles. The van der Waals surface area contributed by atoms with Crippen LogP contribution in [0.3, 0.4) is 0 Å². The second kappa shape index (κ2) is 8.10. The van der Waals surface area contributed by atoms with Crippen LogP contribution in [0.4, 0.5) is 11.4 Å². The zero-order valence-electron chi connectivity index (χ0n) is 16.1. The van der Waals surface area contributed by atoms with Crippen LogP contribution in [0.15, 0.2) is 78.9 Å². The van der Waals surface area contributed by atoms with Gasteiger partial charge in [-0.15, -0.1) is 0 Å². The van der Waals surface area contributed by atoms with E-state index >= 15 is 0 Å². The molecule has 1 atom stereocenters. The van der Waals surface area contributed by atoms with Crippen LogP contribution < -0.4 is 9.80 Å². The fraction of sp³-hybridized carbons (Fsp3) is 0.167. The number of benzene rings is 3. The van der Waals surface area contributed by atoms with Gasteiger partial charge in [0.25, 0.3) is 5.91 Å². The average Bonchev–Trinajstić information content (AvgIpc) is 2.86. The van der Waals surface area contributed by atoms with Gasteiger partial charge in [-0.25, -0.2) is 0 Å². The standard InChI is InChI=1S/C24H21ClN2O2/c1-17-15-26(24(29)18-9-3-2-4-10-18)21-13-7-8-14-22(21)27(23(17)28)16-19-11-5-6-12-20(19)25/h2-14,17H,15-16H2,1H3. The fourth-order valence-electron chi connectivity index (χ4n) is 3.64. The first-order valence-corrected chi connectivity index (χ1v) is 9.95. The lowest BCUT2D eigenvalue weighted by molar-refractivity contribution is -0.121. The predicted octanol–water partition coefficient (Wildman–Crippen LogP) is 5.17. The second-order valence-electron chi connectivity index (χ2n) is 7.19. The highest BCUT2D eigenvalue weighted by molar-refractivity contribution is 6.31. The first kappa shape index (κ1) is 19.2. The molecule has 0 spiro atoms. The van der Waals surface area contributed by atoms with E-state index in [0.717, 1.165) is 11.3 Å². The van der Waals surface area contributed by atoms with Crippen LogP contribution in [-0.2, 0) is 11.3 Å². The highest BCUT2D eigenvalue weighted by Gasteiger charge is 2.34. The first-order chi connectivity index (χ1) is 14.1. The third kappa shape index (κ3) is 3.76. The Balaban J connectivity index is 1.78. The lowest BCUT2D eigenvalue weighted by atomic mass is 10.1. The van der Waals surface area contributed by atoms with Gasteiger partial charge >= 0.3 is 0 Å². The Hall–Kier alpha value is -3.11. The van der Waals surface area contributed by atoms with Gasteiger partial charge in [0.05, 0.1) is 23.8 Å². The Morgan fingerprint density at radius 2 is 1.55 bits per heavy atom. The third-order valence-electron chi connectivity index (χ3n) is 5.16. The Morgan fingerprint density at radius 3 is 2.28 bits per heavy atom. The van der Waals surface area contributed by atoms with Crippen LogP contribution >= 0.6 is 11.6 Å². The van der Waals surface area contributed by atoms with Crippen molar-refractivity contribution in [2.45, 2.75) is 13.5 Å². The van der Waals surface area contributed by atoms with Crippen molar-refractivity contribution in [2.75, 3.05) is 16.3 Å². The molecule has 1 heterocycles. The summed E-state index contributed by atoms with van der Waals surface area (Å²) in [6.07, 6.45) is 0. The largest absolute Gasteiger partial charge is 0.306 e. The molecule has 4 rings (SSSR count). The molecule has 1 aliphatic heterocycles. The normalized spacial score (nSPS) is 16.3. The van der Waals surface area contributed by atoms with Gasteiger partial charge in [0.2, 0.25) is 5.91 Å². The van der Waals surface area contributed by atoms with Gasteiger partial charge in [-0.05, 0) is 35.9 Å². The summed E-state index contributed by atoms with van der Waals surface area (Å²) in [6, 6.07) is 24.2. The van der Waals surface area contributed by atoms with Gasteiger partial charge in [-0.1, -0.05) is 67.1 Å². The highest BCUT2D eigenvalue weighted by Crippen LogP contribution is 2.36. The smallest absolute Gasteiger partial charge is 0.258 e. The number of fused-ring (bicyclic) bond motifs is 1. The maximum Gasteiger partial charge on any atom is 0.258 e. The quantitative estimate of drug-likeness (QED) is 0.604. The molecule has 0 bridgehead atoms. The van der Waals surface area contributed by atoms with Crippen LogP contribution in [0.5, 0.6) is 0 Å². The van der Waals surface area contributed by atoms with E-state index in [-0.39, 0.29) is 17.7 Å².